The summed E-state index contributed by atoms with van der Waals surface area (Å²) in [5.41, 5.74) is 0. The second-order valence-corrected chi connectivity index (χ2v) is 4.92. The lowest BCUT2D eigenvalue weighted by atomic mass is 10.00. The fourth-order valence-corrected chi connectivity index (χ4v) is 2.51. The summed E-state index contributed by atoms with van der Waals surface area (Å²) in [6, 6.07) is 0.267. The average Bonchev–Trinajstić information content (AvgIpc) is 2.53. The van der Waals surface area contributed by atoms with Gasteiger partial charge in [0, 0.05) is 12.6 Å². The molecule has 2 heterocycles. The van der Waals surface area contributed by atoms with Crippen LogP contribution < -0.4 is 0 Å². The highest BCUT2D eigenvalue weighted by Gasteiger charge is 2.26. The molecule has 0 saturated carbocycles. The molecule has 1 saturated heterocycles. The summed E-state index contributed by atoms with van der Waals surface area (Å²) in [7, 11) is 0. The highest BCUT2D eigenvalue weighted by molar-refractivity contribution is 5.88. The summed E-state index contributed by atoms with van der Waals surface area (Å²) in [6.07, 6.45) is 5.35. The molecular formula is C14H21NO5. The molecule has 0 spiro atoms. The quantitative estimate of drug-likeness (QED) is 0.726. The van der Waals surface area contributed by atoms with Crippen molar-refractivity contribution in [2.75, 3.05) is 26.4 Å². The largest absolute Gasteiger partial charge is 0.493 e. The fourth-order valence-electron chi connectivity index (χ4n) is 2.51. The van der Waals surface area contributed by atoms with Gasteiger partial charge in [0.1, 0.15) is 19.5 Å². The van der Waals surface area contributed by atoms with E-state index in [2.05, 4.69) is 6.92 Å². The lowest BCUT2D eigenvalue weighted by Gasteiger charge is -2.35. The molecule has 6 heteroatoms. The second kappa shape index (κ2) is 7.17. The molecule has 0 aromatic carbocycles. The summed E-state index contributed by atoms with van der Waals surface area (Å²) in [4.78, 5) is 25.6. The van der Waals surface area contributed by atoms with Crippen LogP contribution >= 0.6 is 0 Å². The molecule has 0 aliphatic carbocycles. The minimum Gasteiger partial charge on any atom is -0.493 e. The van der Waals surface area contributed by atoms with Crippen molar-refractivity contribution in [1.82, 2.24) is 4.90 Å². The van der Waals surface area contributed by atoms with Crippen molar-refractivity contribution >= 4 is 11.9 Å². The smallest absolute Gasteiger partial charge is 0.377 e. The van der Waals surface area contributed by atoms with Gasteiger partial charge in [-0.25, -0.2) is 4.79 Å². The van der Waals surface area contributed by atoms with Crippen LogP contribution in [0.1, 0.15) is 32.6 Å². The SMILES string of the molecule is CC[C@@H]1CCCCN1C(=O)COC(=O)C1=COCCO1. The van der Waals surface area contributed by atoms with Crippen molar-refractivity contribution in [2.24, 2.45) is 0 Å². The number of rotatable bonds is 4. The van der Waals surface area contributed by atoms with Crippen molar-refractivity contribution in [3.63, 3.8) is 0 Å². The zero-order chi connectivity index (χ0) is 14.4. The Morgan fingerprint density at radius 3 is 2.95 bits per heavy atom. The van der Waals surface area contributed by atoms with E-state index in [-0.39, 0.29) is 24.3 Å². The molecule has 2 rings (SSSR count). The van der Waals surface area contributed by atoms with E-state index >= 15 is 0 Å². The maximum Gasteiger partial charge on any atom is 0.377 e. The Morgan fingerprint density at radius 2 is 2.25 bits per heavy atom. The van der Waals surface area contributed by atoms with Crippen molar-refractivity contribution < 1.29 is 23.8 Å². The highest BCUT2D eigenvalue weighted by Crippen LogP contribution is 2.19. The van der Waals surface area contributed by atoms with Crippen LogP contribution in [0, 0.1) is 0 Å². The van der Waals surface area contributed by atoms with Crippen molar-refractivity contribution in [3.05, 3.63) is 12.0 Å². The van der Waals surface area contributed by atoms with Gasteiger partial charge in [0.15, 0.2) is 6.61 Å². The number of hydrogen-bond donors (Lipinski definition) is 0. The molecule has 20 heavy (non-hydrogen) atoms. The van der Waals surface area contributed by atoms with Gasteiger partial charge in [-0.1, -0.05) is 6.92 Å². The third-order valence-electron chi connectivity index (χ3n) is 3.60. The molecule has 2 aliphatic heterocycles. The summed E-state index contributed by atoms with van der Waals surface area (Å²) in [6.45, 7) is 3.31. The lowest BCUT2D eigenvalue weighted by molar-refractivity contribution is -0.154. The Morgan fingerprint density at radius 1 is 1.40 bits per heavy atom. The molecule has 6 nitrogen and oxygen atoms in total. The number of carbonyl (C=O) groups is 2. The van der Waals surface area contributed by atoms with Gasteiger partial charge in [-0.05, 0) is 25.7 Å². The van der Waals surface area contributed by atoms with Gasteiger partial charge in [-0.15, -0.1) is 0 Å². The number of hydrogen-bond acceptors (Lipinski definition) is 5. The summed E-state index contributed by atoms with van der Waals surface area (Å²) in [5, 5.41) is 0. The first-order valence-corrected chi connectivity index (χ1v) is 7.13. The standard InChI is InChI=1S/C14H21NO5/c1-2-11-5-3-4-6-15(11)13(16)10-20-14(17)12-9-18-7-8-19-12/h9,11H,2-8,10H2,1H3/t11-/m1/s1. The molecule has 0 bridgehead atoms. The van der Waals surface area contributed by atoms with E-state index in [0.717, 1.165) is 32.2 Å². The average molecular weight is 283 g/mol. The molecule has 0 unspecified atom stereocenters. The molecular weight excluding hydrogens is 262 g/mol. The number of carbonyl (C=O) groups excluding carboxylic acids is 2. The minimum absolute atomic E-state index is 0.0229. The van der Waals surface area contributed by atoms with Gasteiger partial charge in [-0.3, -0.25) is 4.79 Å². The van der Waals surface area contributed by atoms with Crippen molar-refractivity contribution in [1.29, 1.82) is 0 Å². The van der Waals surface area contributed by atoms with Crippen LogP contribution in [-0.2, 0) is 23.8 Å². The van der Waals surface area contributed by atoms with E-state index in [4.69, 9.17) is 14.2 Å². The number of piperidine rings is 1. The van der Waals surface area contributed by atoms with Crippen LogP contribution in [0.15, 0.2) is 12.0 Å². The van der Waals surface area contributed by atoms with E-state index in [9.17, 15) is 9.59 Å². The molecule has 112 valence electrons. The number of esters is 1. The molecule has 0 aromatic heterocycles. The van der Waals surface area contributed by atoms with Gasteiger partial charge in [0.2, 0.25) is 5.76 Å². The Labute approximate surface area is 118 Å². The van der Waals surface area contributed by atoms with E-state index in [1.165, 1.54) is 6.26 Å². The second-order valence-electron chi connectivity index (χ2n) is 4.92. The van der Waals surface area contributed by atoms with Crippen LogP contribution in [-0.4, -0.2) is 49.2 Å². The number of nitrogens with zero attached hydrogens (tertiary/aromatic N) is 1. The Kier molecular flexibility index (Phi) is 5.26. The third kappa shape index (κ3) is 3.65. The van der Waals surface area contributed by atoms with Gasteiger partial charge >= 0.3 is 5.97 Å². The van der Waals surface area contributed by atoms with E-state index < -0.39 is 5.97 Å². The number of amides is 1. The van der Waals surface area contributed by atoms with Gasteiger partial charge < -0.3 is 19.1 Å². The van der Waals surface area contributed by atoms with Gasteiger partial charge in [0.05, 0.1) is 0 Å². The van der Waals surface area contributed by atoms with Crippen LogP contribution in [0.3, 0.4) is 0 Å². The molecule has 1 amide bonds. The van der Waals surface area contributed by atoms with E-state index in [1.807, 2.05) is 4.90 Å². The maximum absolute atomic E-state index is 12.1. The van der Waals surface area contributed by atoms with Crippen molar-refractivity contribution in [3.8, 4) is 0 Å². The number of ether oxygens (including phenoxy) is 3. The van der Waals surface area contributed by atoms with Crippen LogP contribution in [0.4, 0.5) is 0 Å². The highest BCUT2D eigenvalue weighted by atomic mass is 16.6. The topological polar surface area (TPSA) is 65.1 Å². The van der Waals surface area contributed by atoms with E-state index in [1.54, 1.807) is 0 Å². The molecule has 0 radical (unpaired) electrons. The zero-order valence-electron chi connectivity index (χ0n) is 11.8. The molecule has 0 N–H and O–H groups in total. The Balaban J connectivity index is 1.81. The molecule has 2 aliphatic rings. The maximum atomic E-state index is 12.1. The van der Waals surface area contributed by atoms with E-state index in [0.29, 0.717) is 13.2 Å². The zero-order valence-corrected chi connectivity index (χ0v) is 11.8. The first-order valence-electron chi connectivity index (χ1n) is 7.13. The summed E-state index contributed by atoms with van der Waals surface area (Å²) in [5.74, 6) is -0.764. The van der Waals surface area contributed by atoms with Crippen LogP contribution in [0.2, 0.25) is 0 Å². The van der Waals surface area contributed by atoms with Crippen molar-refractivity contribution in [2.45, 2.75) is 38.6 Å². The number of likely N-dealkylation sites (tertiary alicyclic amines) is 1. The first kappa shape index (κ1) is 14.7. The van der Waals surface area contributed by atoms with Gasteiger partial charge in [-0.2, -0.15) is 0 Å². The fraction of sp³-hybridized carbons (Fsp3) is 0.714. The minimum atomic E-state index is -0.650. The first-order chi connectivity index (χ1) is 9.72. The third-order valence-corrected chi connectivity index (χ3v) is 3.60. The normalized spacial score (nSPS) is 22.4. The molecule has 1 fully saturated rings. The Bertz CT molecular complexity index is 393. The van der Waals surface area contributed by atoms with Crippen LogP contribution in [0.5, 0.6) is 0 Å². The monoisotopic (exact) mass is 283 g/mol. The van der Waals surface area contributed by atoms with Crippen LogP contribution in [0.25, 0.3) is 0 Å². The summed E-state index contributed by atoms with van der Waals surface area (Å²) < 4.78 is 15.1. The van der Waals surface area contributed by atoms with Gasteiger partial charge in [0.25, 0.3) is 5.91 Å². The molecule has 0 aromatic rings. The molecule has 1 atom stereocenters. The predicted octanol–water partition coefficient (Wildman–Crippen LogP) is 1.21. The lowest BCUT2D eigenvalue weighted by Crippen LogP contribution is -2.45. The predicted molar refractivity (Wildman–Crippen MR) is 70.6 cm³/mol. The summed E-state index contributed by atoms with van der Waals surface area (Å²) >= 11 is 0. The Hall–Kier alpha value is -1.72.